The second kappa shape index (κ2) is 54.6. The highest BCUT2D eigenvalue weighted by molar-refractivity contribution is 5.81. The van der Waals surface area contributed by atoms with Gasteiger partial charge < -0.3 is 29.6 Å². The molecule has 0 saturated heterocycles. The van der Waals surface area contributed by atoms with E-state index in [1.54, 1.807) is 6.92 Å². The lowest BCUT2D eigenvalue weighted by Crippen LogP contribution is -2.23. The van der Waals surface area contributed by atoms with Crippen molar-refractivity contribution in [2.45, 2.75) is 274 Å². The van der Waals surface area contributed by atoms with Crippen LogP contribution in [0.1, 0.15) is 262 Å². The first-order valence-electron chi connectivity index (χ1n) is 26.4. The van der Waals surface area contributed by atoms with Crippen molar-refractivity contribution in [3.63, 3.8) is 0 Å². The summed E-state index contributed by atoms with van der Waals surface area (Å²) < 4.78 is 22.8. The third-order valence-corrected chi connectivity index (χ3v) is 11.7. The van der Waals surface area contributed by atoms with E-state index in [0.717, 1.165) is 65.4 Å². The van der Waals surface area contributed by atoms with E-state index in [1.165, 1.54) is 180 Å². The van der Waals surface area contributed by atoms with E-state index < -0.39 is 0 Å². The molecule has 60 heavy (non-hydrogen) atoms. The summed E-state index contributed by atoms with van der Waals surface area (Å²) >= 11 is 0. The molecular formula is C53H112N2O5. The average molecular weight is 857 g/mol. The third-order valence-electron chi connectivity index (χ3n) is 11.7. The van der Waals surface area contributed by atoms with Crippen LogP contribution in [-0.4, -0.2) is 77.4 Å². The van der Waals surface area contributed by atoms with E-state index in [-0.39, 0.29) is 11.2 Å². The molecule has 0 bridgehead atoms. The van der Waals surface area contributed by atoms with Crippen LogP contribution in [0, 0.1) is 5.41 Å². The molecule has 2 atom stereocenters. The minimum Gasteiger partial charge on any atom is -0.379 e. The van der Waals surface area contributed by atoms with Crippen LogP contribution in [0.25, 0.3) is 0 Å². The van der Waals surface area contributed by atoms with Gasteiger partial charge in [-0.2, -0.15) is 0 Å². The Hall–Kier alpha value is -0.570. The van der Waals surface area contributed by atoms with Crippen LogP contribution < -0.4 is 10.6 Å². The zero-order valence-electron chi connectivity index (χ0n) is 42.8. The normalized spacial score (nSPS) is 12.4. The molecular weight excluding hydrogens is 745 g/mol. The molecule has 1 unspecified atom stereocenters. The van der Waals surface area contributed by atoms with E-state index in [9.17, 15) is 4.79 Å². The molecule has 0 aliphatic heterocycles. The van der Waals surface area contributed by atoms with Gasteiger partial charge in [0.25, 0.3) is 0 Å². The molecule has 0 aromatic rings. The minimum absolute atomic E-state index is 0.0972. The highest BCUT2D eigenvalue weighted by Crippen LogP contribution is 2.20. The highest BCUT2D eigenvalue weighted by Gasteiger charge is 2.19. The van der Waals surface area contributed by atoms with Crippen molar-refractivity contribution in [3.05, 3.63) is 0 Å². The average Bonchev–Trinajstić information content (AvgIpc) is 3.23. The molecule has 0 aromatic heterocycles. The van der Waals surface area contributed by atoms with Gasteiger partial charge in [-0.15, -0.1) is 0 Å². The van der Waals surface area contributed by atoms with Crippen molar-refractivity contribution in [1.29, 1.82) is 0 Å². The van der Waals surface area contributed by atoms with Crippen LogP contribution in [0.3, 0.4) is 0 Å². The zero-order valence-corrected chi connectivity index (χ0v) is 42.8. The summed E-state index contributed by atoms with van der Waals surface area (Å²) in [5.41, 5.74) is -0.0972. The van der Waals surface area contributed by atoms with Crippen LogP contribution in [0.15, 0.2) is 0 Å². The molecule has 0 amide bonds. The monoisotopic (exact) mass is 857 g/mol. The SMILES string of the molecule is CCC(C)(C)C(C)=O.CCCCCCCCC[C@@H](C)OCCCC.CCCCCCCCOCOCCCCNCCCNCCCCCC(C)OCCCCCCCC. The summed E-state index contributed by atoms with van der Waals surface area (Å²) in [6, 6.07) is 0. The van der Waals surface area contributed by atoms with Crippen LogP contribution in [0.5, 0.6) is 0 Å². The Kier molecular flexibility index (Phi) is 57.9. The second-order valence-electron chi connectivity index (χ2n) is 18.3. The maximum atomic E-state index is 10.7. The molecule has 0 heterocycles. The van der Waals surface area contributed by atoms with Crippen molar-refractivity contribution in [3.8, 4) is 0 Å². The highest BCUT2D eigenvalue weighted by atomic mass is 16.7. The molecule has 2 N–H and O–H groups in total. The van der Waals surface area contributed by atoms with Gasteiger partial charge in [0.15, 0.2) is 0 Å². The number of hydrogen-bond donors (Lipinski definition) is 2. The molecule has 0 radical (unpaired) electrons. The van der Waals surface area contributed by atoms with E-state index in [2.05, 4.69) is 52.2 Å². The zero-order chi connectivity index (χ0) is 45.1. The van der Waals surface area contributed by atoms with E-state index >= 15 is 0 Å². The van der Waals surface area contributed by atoms with Crippen molar-refractivity contribution in [2.75, 3.05) is 59.4 Å². The maximum Gasteiger partial charge on any atom is 0.146 e. The Morgan fingerprint density at radius 2 is 0.767 bits per heavy atom. The Morgan fingerprint density at radius 3 is 1.18 bits per heavy atom. The summed E-state index contributed by atoms with van der Waals surface area (Å²) in [6.45, 7) is 29.5. The number of ether oxygens (including phenoxy) is 4. The Balaban J connectivity index is -0.00000110. The smallest absolute Gasteiger partial charge is 0.146 e. The molecule has 7 nitrogen and oxygen atoms in total. The predicted molar refractivity (Wildman–Crippen MR) is 265 cm³/mol. The molecule has 0 saturated carbocycles. The number of rotatable bonds is 46. The van der Waals surface area contributed by atoms with Gasteiger partial charge in [-0.05, 0) is 111 Å². The molecule has 0 aliphatic carbocycles. The predicted octanol–water partition coefficient (Wildman–Crippen LogP) is 15.4. The van der Waals surface area contributed by atoms with E-state index in [4.69, 9.17) is 18.9 Å². The van der Waals surface area contributed by atoms with Crippen molar-refractivity contribution in [2.24, 2.45) is 5.41 Å². The quantitative estimate of drug-likeness (QED) is 0.0466. The standard InChI is InChI=1S/C31H66N2O3.C15H32O.C7H14O/c1-4-6-8-10-12-18-27-34-30-35-28-20-17-24-33-26-21-25-32-23-16-14-15-22-31(3)36-29-19-13-11-9-7-5-2;1-4-6-8-9-10-11-12-13-15(3)16-14-7-5-2;1-5-7(3,4)6(2)8/h31-33H,4-30H2,1-3H3;15H,4-14H2,1-3H3;5H2,1-4H3/t;15-;/m.1./s1. The number of nitrogens with one attached hydrogen (secondary N) is 2. The fourth-order valence-corrected chi connectivity index (χ4v) is 6.46. The van der Waals surface area contributed by atoms with Gasteiger partial charge >= 0.3 is 0 Å². The Bertz CT molecular complexity index is 782. The molecule has 0 rings (SSSR count). The number of unbranched alkanes of at least 4 members (excludes halogenated alkanes) is 20. The maximum absolute atomic E-state index is 10.7. The summed E-state index contributed by atoms with van der Waals surface area (Å²) in [4.78, 5) is 10.7. The summed E-state index contributed by atoms with van der Waals surface area (Å²) in [7, 11) is 0. The van der Waals surface area contributed by atoms with Crippen molar-refractivity contribution < 1.29 is 23.7 Å². The first kappa shape index (κ1) is 63.7. The number of carbonyl (C=O) groups is 1. The van der Waals surface area contributed by atoms with Gasteiger partial charge in [0, 0.05) is 31.8 Å². The fraction of sp³-hybridized carbons (Fsp3) is 0.981. The van der Waals surface area contributed by atoms with Crippen LogP contribution in [-0.2, 0) is 23.7 Å². The van der Waals surface area contributed by atoms with Crippen LogP contribution in [0.4, 0.5) is 0 Å². The Labute approximate surface area is 377 Å². The van der Waals surface area contributed by atoms with Crippen LogP contribution in [0.2, 0.25) is 0 Å². The van der Waals surface area contributed by atoms with Crippen molar-refractivity contribution >= 4 is 5.78 Å². The lowest BCUT2D eigenvalue weighted by Gasteiger charge is -2.17. The second-order valence-corrected chi connectivity index (χ2v) is 18.3. The number of hydrogen-bond acceptors (Lipinski definition) is 7. The van der Waals surface area contributed by atoms with E-state index in [1.807, 2.05) is 20.8 Å². The molecule has 0 fully saturated rings. The van der Waals surface area contributed by atoms with Gasteiger partial charge in [-0.25, -0.2) is 0 Å². The van der Waals surface area contributed by atoms with E-state index in [0.29, 0.717) is 19.0 Å². The van der Waals surface area contributed by atoms with Gasteiger partial charge in [0.1, 0.15) is 12.6 Å². The summed E-state index contributed by atoms with van der Waals surface area (Å²) in [5.74, 6) is 0.278. The summed E-state index contributed by atoms with van der Waals surface area (Å²) in [5, 5.41) is 7.12. The molecule has 0 aromatic carbocycles. The first-order chi connectivity index (χ1) is 29.1. The van der Waals surface area contributed by atoms with Gasteiger partial charge in [-0.1, -0.05) is 177 Å². The molecule has 364 valence electrons. The molecule has 0 aliphatic rings. The number of Topliss-reactive ketones (excluding diaryl/α,β-unsaturated/α-hetero) is 1. The van der Waals surface area contributed by atoms with Crippen LogP contribution >= 0.6 is 0 Å². The minimum atomic E-state index is -0.0972. The number of carbonyl (C=O) groups excluding carboxylic acids is 1. The lowest BCUT2D eigenvalue weighted by atomic mass is 9.86. The first-order valence-corrected chi connectivity index (χ1v) is 26.4. The van der Waals surface area contributed by atoms with Gasteiger partial charge in [0.05, 0.1) is 12.2 Å². The largest absolute Gasteiger partial charge is 0.379 e. The lowest BCUT2D eigenvalue weighted by molar-refractivity contribution is -0.124. The van der Waals surface area contributed by atoms with Gasteiger partial charge in [0.2, 0.25) is 0 Å². The topological polar surface area (TPSA) is 78.1 Å². The number of ketones is 1. The van der Waals surface area contributed by atoms with Crippen molar-refractivity contribution in [1.82, 2.24) is 10.6 Å². The fourth-order valence-electron chi connectivity index (χ4n) is 6.46. The third kappa shape index (κ3) is 57.4. The summed E-state index contributed by atoms with van der Waals surface area (Å²) in [6.07, 6.45) is 39.8. The van der Waals surface area contributed by atoms with Gasteiger partial charge in [-0.3, -0.25) is 4.79 Å². The molecule has 0 spiro atoms. The molecule has 7 heteroatoms. The Morgan fingerprint density at radius 1 is 0.433 bits per heavy atom.